The van der Waals surface area contributed by atoms with Gasteiger partial charge in [-0.05, 0) is 49.9 Å². The van der Waals surface area contributed by atoms with E-state index in [1.807, 2.05) is 43.2 Å². The average molecular weight is 295 g/mol. The smallest absolute Gasteiger partial charge is 0.228 e. The average Bonchev–Trinajstić information content (AvgIpc) is 3.24. The molecule has 0 saturated heterocycles. The molecule has 111 valence electrons. The minimum atomic E-state index is -0.132. The molecule has 1 aromatic heterocycles. The van der Waals surface area contributed by atoms with Gasteiger partial charge in [0, 0.05) is 11.6 Å². The van der Waals surface area contributed by atoms with Crippen molar-refractivity contribution in [2.75, 3.05) is 7.11 Å². The Morgan fingerprint density at radius 1 is 1.23 bits per heavy atom. The fourth-order valence-corrected chi connectivity index (χ4v) is 2.09. The molecule has 1 fully saturated rings. The van der Waals surface area contributed by atoms with Crippen molar-refractivity contribution < 1.29 is 14.1 Å². The van der Waals surface area contributed by atoms with Crippen LogP contribution in [0.25, 0.3) is 11.3 Å². The van der Waals surface area contributed by atoms with Crippen LogP contribution in [0.1, 0.15) is 5.76 Å². The number of carbonyl (C=O) groups excluding carboxylic acids is 1. The van der Waals surface area contributed by atoms with Gasteiger partial charge in [0.05, 0.1) is 19.6 Å². The van der Waals surface area contributed by atoms with Crippen LogP contribution in [-0.4, -0.2) is 18.2 Å². The lowest BCUT2D eigenvalue weighted by atomic mass is 10.1. The van der Waals surface area contributed by atoms with E-state index in [2.05, 4.69) is 10.5 Å². The molecule has 1 heterocycles. The summed E-state index contributed by atoms with van der Waals surface area (Å²) < 4.78 is 10.4. The lowest BCUT2D eigenvalue weighted by Gasteiger charge is -2.06. The lowest BCUT2D eigenvalue weighted by molar-refractivity contribution is -0.118. The first-order valence-corrected chi connectivity index (χ1v) is 6.86. The second-order valence-corrected chi connectivity index (χ2v) is 4.76. The van der Waals surface area contributed by atoms with Gasteiger partial charge < -0.3 is 14.6 Å². The molecule has 1 N–H and O–H groups in total. The zero-order chi connectivity index (χ0) is 15.4. The third-order valence-electron chi connectivity index (χ3n) is 3.29. The molecule has 1 aliphatic carbocycles. The number of aromatic nitrogens is 1. The Morgan fingerprint density at radius 2 is 1.95 bits per heavy atom. The van der Waals surface area contributed by atoms with Crippen molar-refractivity contribution >= 4 is 5.91 Å². The van der Waals surface area contributed by atoms with Gasteiger partial charge in [0.15, 0.2) is 5.76 Å². The molecule has 1 aliphatic rings. The van der Waals surface area contributed by atoms with Gasteiger partial charge in [-0.1, -0.05) is 5.16 Å². The molecule has 5 nitrogen and oxygen atoms in total. The fraction of sp³-hybridized carbons (Fsp3) is 0.118. The van der Waals surface area contributed by atoms with Crippen LogP contribution < -0.4 is 10.1 Å². The first-order valence-electron chi connectivity index (χ1n) is 6.86. The number of amides is 1. The minimum Gasteiger partial charge on any atom is -0.497 e. The summed E-state index contributed by atoms with van der Waals surface area (Å²) in [6.45, 7) is 0.299. The van der Waals surface area contributed by atoms with E-state index in [0.717, 1.165) is 17.0 Å². The van der Waals surface area contributed by atoms with Gasteiger partial charge in [-0.15, -0.1) is 0 Å². The maximum Gasteiger partial charge on any atom is 0.228 e. The maximum atomic E-state index is 11.8. The van der Waals surface area contributed by atoms with Crippen molar-refractivity contribution in [2.45, 2.75) is 6.54 Å². The number of ether oxygens (including phenoxy) is 1. The van der Waals surface area contributed by atoms with E-state index >= 15 is 0 Å². The van der Waals surface area contributed by atoms with Gasteiger partial charge >= 0.3 is 0 Å². The summed E-state index contributed by atoms with van der Waals surface area (Å²) in [6, 6.07) is 9.35. The molecular formula is C17H15N2O3. The standard InChI is InChI=1S/C17H15N2O3/c1-21-14-8-6-12(7-9-14)16-10-15(22-19-16)11-18-17(20)13-4-2-3-5-13/h2-10H,11H2,1H3,(H,18,20). The molecule has 0 spiro atoms. The van der Waals surface area contributed by atoms with Crippen LogP contribution in [0.4, 0.5) is 0 Å². The van der Waals surface area contributed by atoms with Crippen molar-refractivity contribution in [3.8, 4) is 17.0 Å². The molecule has 3 rings (SSSR count). The second kappa shape index (κ2) is 6.64. The van der Waals surface area contributed by atoms with Crippen LogP contribution in [-0.2, 0) is 11.3 Å². The quantitative estimate of drug-likeness (QED) is 0.919. The number of methoxy groups -OCH3 is 1. The number of hydrogen-bond acceptors (Lipinski definition) is 4. The molecule has 1 aromatic carbocycles. The van der Waals surface area contributed by atoms with Crippen LogP contribution >= 0.6 is 0 Å². The Labute approximate surface area is 129 Å². The van der Waals surface area contributed by atoms with E-state index < -0.39 is 0 Å². The molecule has 2 aromatic rings. The summed E-state index contributed by atoms with van der Waals surface area (Å²) in [5, 5.41) is 6.81. The van der Waals surface area contributed by atoms with Gasteiger partial charge in [0.25, 0.3) is 0 Å². The Morgan fingerprint density at radius 3 is 2.64 bits per heavy atom. The number of rotatable bonds is 5. The maximum absolute atomic E-state index is 11.8. The lowest BCUT2D eigenvalue weighted by Crippen LogP contribution is -2.27. The van der Waals surface area contributed by atoms with Gasteiger partial charge in [-0.3, -0.25) is 4.79 Å². The van der Waals surface area contributed by atoms with Crippen LogP contribution in [0.2, 0.25) is 0 Å². The number of benzene rings is 1. The Kier molecular flexibility index (Phi) is 4.42. The normalized spacial score (nSPS) is 15.0. The van der Waals surface area contributed by atoms with Crippen molar-refractivity contribution in [1.29, 1.82) is 0 Å². The van der Waals surface area contributed by atoms with E-state index in [0.29, 0.717) is 18.2 Å². The van der Waals surface area contributed by atoms with Crippen LogP contribution in [0.15, 0.2) is 34.9 Å². The first kappa shape index (κ1) is 14.6. The Balaban J connectivity index is 1.59. The predicted molar refractivity (Wildman–Crippen MR) is 80.8 cm³/mol. The molecule has 5 heteroatoms. The largest absolute Gasteiger partial charge is 0.497 e. The van der Waals surface area contributed by atoms with Crippen molar-refractivity contribution in [1.82, 2.24) is 10.5 Å². The second-order valence-electron chi connectivity index (χ2n) is 4.76. The van der Waals surface area contributed by atoms with Crippen molar-refractivity contribution in [2.24, 2.45) is 0 Å². The highest BCUT2D eigenvalue weighted by molar-refractivity contribution is 5.95. The Hall–Kier alpha value is -2.30. The molecule has 1 saturated carbocycles. The van der Waals surface area contributed by atoms with E-state index in [9.17, 15) is 4.79 Å². The third kappa shape index (κ3) is 3.30. The van der Waals surface area contributed by atoms with E-state index in [1.165, 1.54) is 0 Å². The van der Waals surface area contributed by atoms with E-state index in [-0.39, 0.29) is 5.91 Å². The first-order chi connectivity index (χ1) is 10.8. The molecule has 5 radical (unpaired) electrons. The molecular weight excluding hydrogens is 280 g/mol. The molecule has 1 amide bonds. The van der Waals surface area contributed by atoms with Gasteiger partial charge in [-0.2, -0.15) is 0 Å². The number of hydrogen-bond donors (Lipinski definition) is 1. The van der Waals surface area contributed by atoms with Gasteiger partial charge in [-0.25, -0.2) is 0 Å². The SMILES string of the molecule is COc1ccc(-c2cc(CNC(=O)[C]3[CH][CH][CH][CH]3)on2)cc1. The number of nitrogens with one attached hydrogen (secondary N) is 1. The monoisotopic (exact) mass is 295 g/mol. The topological polar surface area (TPSA) is 64.4 Å². The molecule has 22 heavy (non-hydrogen) atoms. The molecule has 0 aliphatic heterocycles. The fourth-order valence-electron chi connectivity index (χ4n) is 2.09. The number of nitrogens with zero attached hydrogens (tertiary/aromatic N) is 1. The van der Waals surface area contributed by atoms with E-state index in [4.69, 9.17) is 9.26 Å². The Bertz CT molecular complexity index is 628. The highest BCUT2D eigenvalue weighted by Gasteiger charge is 2.24. The van der Waals surface area contributed by atoms with Crippen LogP contribution in [0, 0.1) is 31.6 Å². The zero-order valence-electron chi connectivity index (χ0n) is 12.1. The summed E-state index contributed by atoms with van der Waals surface area (Å²) in [7, 11) is 1.62. The molecule has 0 atom stereocenters. The zero-order valence-corrected chi connectivity index (χ0v) is 12.1. The minimum absolute atomic E-state index is 0.132. The van der Waals surface area contributed by atoms with Gasteiger partial charge in [0.2, 0.25) is 5.91 Å². The summed E-state index contributed by atoms with van der Waals surface area (Å²) in [4.78, 5) is 11.8. The summed E-state index contributed by atoms with van der Waals surface area (Å²) >= 11 is 0. The summed E-state index contributed by atoms with van der Waals surface area (Å²) in [5.41, 5.74) is 1.65. The van der Waals surface area contributed by atoms with Crippen LogP contribution in [0.5, 0.6) is 5.75 Å². The highest BCUT2D eigenvalue weighted by Crippen LogP contribution is 2.24. The molecule has 0 bridgehead atoms. The summed E-state index contributed by atoms with van der Waals surface area (Å²) in [5.74, 6) is 1.89. The van der Waals surface area contributed by atoms with Crippen molar-refractivity contribution in [3.05, 3.63) is 67.7 Å². The molecule has 0 unspecified atom stereocenters. The van der Waals surface area contributed by atoms with Crippen molar-refractivity contribution in [3.63, 3.8) is 0 Å². The third-order valence-corrected chi connectivity index (χ3v) is 3.29. The predicted octanol–water partition coefficient (Wildman–Crippen LogP) is 2.37. The van der Waals surface area contributed by atoms with Gasteiger partial charge in [0.1, 0.15) is 11.4 Å². The number of carbonyl (C=O) groups is 1. The van der Waals surface area contributed by atoms with Crippen LogP contribution in [0.3, 0.4) is 0 Å². The highest BCUT2D eigenvalue weighted by atomic mass is 16.5. The summed E-state index contributed by atoms with van der Waals surface area (Å²) in [6.07, 6.45) is 7.17. The van der Waals surface area contributed by atoms with E-state index in [1.54, 1.807) is 20.0 Å².